The first-order valence-corrected chi connectivity index (χ1v) is 6.16. The van der Waals surface area contributed by atoms with E-state index >= 15 is 0 Å². The highest BCUT2D eigenvalue weighted by atomic mass is 79.9. The van der Waals surface area contributed by atoms with Crippen LogP contribution in [0.1, 0.15) is 12.0 Å². The maximum atomic E-state index is 11.1. The van der Waals surface area contributed by atoms with Gasteiger partial charge in [0.25, 0.3) is 0 Å². The number of benzene rings is 1. The Balaban J connectivity index is 2.50. The van der Waals surface area contributed by atoms with Gasteiger partial charge < -0.3 is 15.2 Å². The molecule has 0 radical (unpaired) electrons. The Morgan fingerprint density at radius 1 is 1.53 bits per heavy atom. The second kappa shape index (κ2) is 7.29. The number of amides is 1. The lowest BCUT2D eigenvalue weighted by atomic mass is 10.1. The SMILES string of the molecule is COc1ccc(Br)cc1CCNC(=O)CCO. The molecule has 0 aliphatic heterocycles. The average Bonchev–Trinajstić information content (AvgIpc) is 2.30. The summed E-state index contributed by atoms with van der Waals surface area (Å²) >= 11 is 3.40. The second-order valence-electron chi connectivity index (χ2n) is 3.53. The molecule has 0 heterocycles. The number of carbonyl (C=O) groups excluding carboxylic acids is 1. The third kappa shape index (κ3) is 4.75. The average molecular weight is 302 g/mol. The summed E-state index contributed by atoms with van der Waals surface area (Å²) in [7, 11) is 1.62. The van der Waals surface area contributed by atoms with Gasteiger partial charge in [0, 0.05) is 17.4 Å². The molecule has 4 nitrogen and oxygen atoms in total. The van der Waals surface area contributed by atoms with Crippen molar-refractivity contribution in [3.63, 3.8) is 0 Å². The number of hydrogen-bond donors (Lipinski definition) is 2. The molecule has 0 spiro atoms. The van der Waals surface area contributed by atoms with Crippen molar-refractivity contribution in [3.05, 3.63) is 28.2 Å². The van der Waals surface area contributed by atoms with Crippen LogP contribution in [0.5, 0.6) is 5.75 Å². The van der Waals surface area contributed by atoms with Gasteiger partial charge in [0.05, 0.1) is 13.7 Å². The highest BCUT2D eigenvalue weighted by molar-refractivity contribution is 9.10. The van der Waals surface area contributed by atoms with Crippen molar-refractivity contribution in [1.82, 2.24) is 5.32 Å². The van der Waals surface area contributed by atoms with Crippen molar-refractivity contribution in [2.24, 2.45) is 0 Å². The maximum absolute atomic E-state index is 11.1. The smallest absolute Gasteiger partial charge is 0.222 e. The van der Waals surface area contributed by atoms with Gasteiger partial charge in [-0.1, -0.05) is 15.9 Å². The molecular weight excluding hydrogens is 286 g/mol. The van der Waals surface area contributed by atoms with E-state index in [0.717, 1.165) is 15.8 Å². The summed E-state index contributed by atoms with van der Waals surface area (Å²) in [5.74, 6) is 0.672. The third-order valence-corrected chi connectivity index (χ3v) is 2.79. The molecule has 0 bridgehead atoms. The van der Waals surface area contributed by atoms with E-state index < -0.39 is 0 Å². The lowest BCUT2D eigenvalue weighted by molar-refractivity contribution is -0.121. The normalized spacial score (nSPS) is 10.1. The van der Waals surface area contributed by atoms with Crippen LogP contribution in [0.4, 0.5) is 0 Å². The Morgan fingerprint density at radius 2 is 2.29 bits per heavy atom. The van der Waals surface area contributed by atoms with E-state index in [1.54, 1.807) is 7.11 Å². The Bertz CT molecular complexity index is 382. The topological polar surface area (TPSA) is 58.6 Å². The highest BCUT2D eigenvalue weighted by Crippen LogP contribution is 2.23. The number of hydrogen-bond acceptors (Lipinski definition) is 3. The molecule has 1 aromatic carbocycles. The van der Waals surface area contributed by atoms with E-state index in [1.165, 1.54) is 0 Å². The van der Waals surface area contributed by atoms with Gasteiger partial charge >= 0.3 is 0 Å². The fourth-order valence-corrected chi connectivity index (χ4v) is 1.88. The zero-order chi connectivity index (χ0) is 12.7. The number of halogens is 1. The number of rotatable bonds is 6. The summed E-state index contributed by atoms with van der Waals surface area (Å²) in [4.78, 5) is 11.1. The summed E-state index contributed by atoms with van der Waals surface area (Å²) in [6.07, 6.45) is 0.843. The van der Waals surface area contributed by atoms with E-state index in [1.807, 2.05) is 18.2 Å². The monoisotopic (exact) mass is 301 g/mol. The molecule has 1 rings (SSSR count). The van der Waals surface area contributed by atoms with Crippen LogP contribution in [0.25, 0.3) is 0 Å². The summed E-state index contributed by atoms with van der Waals surface area (Å²) in [6, 6.07) is 5.76. The molecule has 0 saturated carbocycles. The minimum atomic E-state index is -0.138. The lowest BCUT2D eigenvalue weighted by Crippen LogP contribution is -2.26. The molecule has 0 saturated heterocycles. The van der Waals surface area contributed by atoms with E-state index in [0.29, 0.717) is 13.0 Å². The summed E-state index contributed by atoms with van der Waals surface area (Å²) in [5, 5.41) is 11.3. The Hall–Kier alpha value is -1.07. The fourth-order valence-electron chi connectivity index (χ4n) is 1.47. The van der Waals surface area contributed by atoms with Crippen molar-refractivity contribution in [3.8, 4) is 5.75 Å². The summed E-state index contributed by atoms with van der Waals surface area (Å²) in [5.41, 5.74) is 1.03. The van der Waals surface area contributed by atoms with Gasteiger partial charge in [-0.15, -0.1) is 0 Å². The van der Waals surface area contributed by atoms with Gasteiger partial charge in [0.15, 0.2) is 0 Å². The standard InChI is InChI=1S/C12H16BrNO3/c1-17-11-3-2-10(13)8-9(11)4-6-14-12(16)5-7-15/h2-3,8,15H,4-7H2,1H3,(H,14,16). The van der Waals surface area contributed by atoms with E-state index in [-0.39, 0.29) is 18.9 Å². The van der Waals surface area contributed by atoms with E-state index in [4.69, 9.17) is 9.84 Å². The molecule has 0 fully saturated rings. The van der Waals surface area contributed by atoms with Gasteiger partial charge in [-0.25, -0.2) is 0 Å². The summed E-state index contributed by atoms with van der Waals surface area (Å²) < 4.78 is 6.21. The van der Waals surface area contributed by atoms with Crippen LogP contribution in [0.3, 0.4) is 0 Å². The van der Waals surface area contributed by atoms with E-state index in [2.05, 4.69) is 21.2 Å². The van der Waals surface area contributed by atoms with Crippen LogP contribution in [0.15, 0.2) is 22.7 Å². The molecule has 94 valence electrons. The second-order valence-corrected chi connectivity index (χ2v) is 4.45. The van der Waals surface area contributed by atoms with Crippen LogP contribution >= 0.6 is 15.9 Å². The first-order valence-electron chi connectivity index (χ1n) is 5.37. The number of ether oxygens (including phenoxy) is 1. The molecule has 1 aromatic rings. The van der Waals surface area contributed by atoms with Gasteiger partial charge in [-0.3, -0.25) is 4.79 Å². The van der Waals surface area contributed by atoms with Gasteiger partial charge in [0.2, 0.25) is 5.91 Å². The Labute approximate surface area is 109 Å². The molecule has 5 heteroatoms. The zero-order valence-corrected chi connectivity index (χ0v) is 11.3. The third-order valence-electron chi connectivity index (χ3n) is 2.30. The largest absolute Gasteiger partial charge is 0.496 e. The maximum Gasteiger partial charge on any atom is 0.222 e. The van der Waals surface area contributed by atoms with Crippen molar-refractivity contribution < 1.29 is 14.6 Å². The van der Waals surface area contributed by atoms with Gasteiger partial charge in [0.1, 0.15) is 5.75 Å². The predicted octanol–water partition coefficient (Wildman–Crippen LogP) is 1.50. The minimum absolute atomic E-state index is 0.119. The molecule has 2 N–H and O–H groups in total. The van der Waals surface area contributed by atoms with Crippen LogP contribution < -0.4 is 10.1 Å². The number of methoxy groups -OCH3 is 1. The van der Waals surface area contributed by atoms with Gasteiger partial charge in [-0.05, 0) is 30.2 Å². The van der Waals surface area contributed by atoms with Crippen LogP contribution in [-0.4, -0.2) is 31.3 Å². The van der Waals surface area contributed by atoms with E-state index in [9.17, 15) is 4.79 Å². The zero-order valence-electron chi connectivity index (χ0n) is 9.70. The van der Waals surface area contributed by atoms with Crippen LogP contribution in [0, 0.1) is 0 Å². The van der Waals surface area contributed by atoms with Crippen molar-refractivity contribution in [2.45, 2.75) is 12.8 Å². The Morgan fingerprint density at radius 3 is 2.94 bits per heavy atom. The number of nitrogens with one attached hydrogen (secondary N) is 1. The van der Waals surface area contributed by atoms with Crippen LogP contribution in [-0.2, 0) is 11.2 Å². The lowest BCUT2D eigenvalue weighted by Gasteiger charge is -2.09. The summed E-state index contributed by atoms with van der Waals surface area (Å²) in [6.45, 7) is 0.414. The number of carbonyl (C=O) groups is 1. The predicted molar refractivity (Wildman–Crippen MR) is 69.1 cm³/mol. The fraction of sp³-hybridized carbons (Fsp3) is 0.417. The molecule has 0 atom stereocenters. The molecular formula is C12H16BrNO3. The molecule has 0 aromatic heterocycles. The van der Waals surface area contributed by atoms with Crippen LogP contribution in [0.2, 0.25) is 0 Å². The quantitative estimate of drug-likeness (QED) is 0.837. The molecule has 0 aliphatic carbocycles. The molecule has 0 aliphatic rings. The first kappa shape index (κ1) is 14.0. The van der Waals surface area contributed by atoms with Crippen molar-refractivity contribution >= 4 is 21.8 Å². The highest BCUT2D eigenvalue weighted by Gasteiger charge is 2.05. The number of aliphatic hydroxyl groups excluding tert-OH is 1. The molecule has 1 amide bonds. The Kier molecular flexibility index (Phi) is 6.00. The molecule has 17 heavy (non-hydrogen) atoms. The minimum Gasteiger partial charge on any atom is -0.496 e. The van der Waals surface area contributed by atoms with Crippen molar-refractivity contribution in [2.75, 3.05) is 20.3 Å². The van der Waals surface area contributed by atoms with Gasteiger partial charge in [-0.2, -0.15) is 0 Å². The first-order chi connectivity index (χ1) is 8.17. The number of aliphatic hydroxyl groups is 1. The molecule has 0 unspecified atom stereocenters. The van der Waals surface area contributed by atoms with Crippen molar-refractivity contribution in [1.29, 1.82) is 0 Å².